The van der Waals surface area contributed by atoms with Crippen molar-refractivity contribution >= 4 is 0 Å². The van der Waals surface area contributed by atoms with Crippen molar-refractivity contribution in [2.45, 2.75) is 20.1 Å². The number of ether oxygens (including phenoxy) is 1. The molecule has 12 heavy (non-hydrogen) atoms. The van der Waals surface area contributed by atoms with Gasteiger partial charge in [-0.3, -0.25) is 4.98 Å². The summed E-state index contributed by atoms with van der Waals surface area (Å²) in [6.07, 6.45) is 0. The minimum Gasteiger partial charge on any atom is -0.375 e. The molecule has 0 bridgehead atoms. The summed E-state index contributed by atoms with van der Waals surface area (Å²) in [7, 11) is 0. The normalized spacial score (nSPS) is 10.2. The Labute approximate surface area is 72.6 Å². The van der Waals surface area contributed by atoms with Crippen LogP contribution >= 0.6 is 0 Å². The quantitative estimate of drug-likeness (QED) is 0.728. The van der Waals surface area contributed by atoms with Gasteiger partial charge in [-0.1, -0.05) is 6.07 Å². The molecule has 0 unspecified atom stereocenters. The molecular formula is C9H14N2O. The number of aromatic nitrogens is 1. The molecule has 3 nitrogen and oxygen atoms in total. The highest BCUT2D eigenvalue weighted by Crippen LogP contribution is 2.00. The Morgan fingerprint density at radius 1 is 1.42 bits per heavy atom. The molecule has 0 amide bonds. The van der Waals surface area contributed by atoms with Gasteiger partial charge >= 0.3 is 0 Å². The number of nitrogens with two attached hydrogens (primary N) is 1. The lowest BCUT2D eigenvalue weighted by atomic mass is 10.3. The first-order valence-corrected chi connectivity index (χ1v) is 4.09. The van der Waals surface area contributed by atoms with Gasteiger partial charge in [0, 0.05) is 13.2 Å². The SMILES string of the molecule is CCOCc1cccc(CN)n1. The van der Waals surface area contributed by atoms with Crippen LogP contribution in [0.1, 0.15) is 18.3 Å². The van der Waals surface area contributed by atoms with E-state index >= 15 is 0 Å². The first-order valence-electron chi connectivity index (χ1n) is 4.09. The summed E-state index contributed by atoms with van der Waals surface area (Å²) in [6, 6.07) is 5.80. The highest BCUT2D eigenvalue weighted by atomic mass is 16.5. The van der Waals surface area contributed by atoms with E-state index in [-0.39, 0.29) is 0 Å². The lowest BCUT2D eigenvalue weighted by Gasteiger charge is -2.02. The van der Waals surface area contributed by atoms with Gasteiger partial charge in [0.1, 0.15) is 0 Å². The number of hydrogen-bond acceptors (Lipinski definition) is 3. The molecule has 1 aromatic heterocycles. The van der Waals surface area contributed by atoms with Crippen LogP contribution in [0.4, 0.5) is 0 Å². The third kappa shape index (κ3) is 2.60. The van der Waals surface area contributed by atoms with Gasteiger partial charge < -0.3 is 10.5 Å². The van der Waals surface area contributed by atoms with Crippen LogP contribution in [0, 0.1) is 0 Å². The van der Waals surface area contributed by atoms with Gasteiger partial charge in [0.25, 0.3) is 0 Å². The summed E-state index contributed by atoms with van der Waals surface area (Å²) in [5.74, 6) is 0. The summed E-state index contributed by atoms with van der Waals surface area (Å²) < 4.78 is 5.22. The molecule has 1 aromatic rings. The third-order valence-electron chi connectivity index (χ3n) is 1.53. The van der Waals surface area contributed by atoms with Gasteiger partial charge in [-0.25, -0.2) is 0 Å². The van der Waals surface area contributed by atoms with Crippen molar-refractivity contribution in [3.05, 3.63) is 29.6 Å². The van der Waals surface area contributed by atoms with E-state index in [1.165, 1.54) is 0 Å². The van der Waals surface area contributed by atoms with E-state index in [1.807, 2.05) is 25.1 Å². The number of pyridine rings is 1. The first kappa shape index (κ1) is 9.16. The van der Waals surface area contributed by atoms with Crippen LogP contribution in [0.15, 0.2) is 18.2 Å². The van der Waals surface area contributed by atoms with Crippen molar-refractivity contribution in [1.82, 2.24) is 4.98 Å². The summed E-state index contributed by atoms with van der Waals surface area (Å²) >= 11 is 0. The second-order valence-corrected chi connectivity index (χ2v) is 2.46. The van der Waals surface area contributed by atoms with Crippen molar-refractivity contribution in [3.63, 3.8) is 0 Å². The molecule has 0 spiro atoms. The Kier molecular flexibility index (Phi) is 3.70. The van der Waals surface area contributed by atoms with Crippen LogP contribution in [0.3, 0.4) is 0 Å². The maximum Gasteiger partial charge on any atom is 0.0887 e. The Morgan fingerprint density at radius 3 is 2.83 bits per heavy atom. The molecule has 66 valence electrons. The molecule has 1 heterocycles. The van der Waals surface area contributed by atoms with E-state index in [0.717, 1.165) is 11.4 Å². The van der Waals surface area contributed by atoms with Crippen LogP contribution in [0.5, 0.6) is 0 Å². The van der Waals surface area contributed by atoms with E-state index in [4.69, 9.17) is 10.5 Å². The van der Waals surface area contributed by atoms with Gasteiger partial charge in [0.15, 0.2) is 0 Å². The second kappa shape index (κ2) is 4.85. The van der Waals surface area contributed by atoms with Gasteiger partial charge in [-0.15, -0.1) is 0 Å². The van der Waals surface area contributed by atoms with E-state index in [2.05, 4.69) is 4.98 Å². The van der Waals surface area contributed by atoms with Crippen LogP contribution < -0.4 is 5.73 Å². The van der Waals surface area contributed by atoms with E-state index in [1.54, 1.807) is 0 Å². The van der Waals surface area contributed by atoms with Gasteiger partial charge in [0.05, 0.1) is 18.0 Å². The summed E-state index contributed by atoms with van der Waals surface area (Å²) in [4.78, 5) is 4.28. The first-order chi connectivity index (χ1) is 5.86. The minimum atomic E-state index is 0.486. The summed E-state index contributed by atoms with van der Waals surface area (Å²) in [6.45, 7) is 3.74. The van der Waals surface area contributed by atoms with Crippen LogP contribution in [0.2, 0.25) is 0 Å². The molecule has 3 heteroatoms. The number of nitrogens with zero attached hydrogens (tertiary/aromatic N) is 1. The Morgan fingerprint density at radius 2 is 2.17 bits per heavy atom. The van der Waals surface area contributed by atoms with Crippen molar-refractivity contribution < 1.29 is 4.74 Å². The Hall–Kier alpha value is -0.930. The maximum atomic E-state index is 5.44. The largest absolute Gasteiger partial charge is 0.375 e. The molecule has 0 fully saturated rings. The molecule has 0 aliphatic heterocycles. The Bertz CT molecular complexity index is 238. The van der Waals surface area contributed by atoms with Crippen molar-refractivity contribution in [3.8, 4) is 0 Å². The average Bonchev–Trinajstić information content (AvgIpc) is 2.15. The van der Waals surface area contributed by atoms with E-state index < -0.39 is 0 Å². The van der Waals surface area contributed by atoms with Crippen LogP contribution in [-0.4, -0.2) is 11.6 Å². The van der Waals surface area contributed by atoms with Gasteiger partial charge in [0.2, 0.25) is 0 Å². The topological polar surface area (TPSA) is 48.1 Å². The smallest absolute Gasteiger partial charge is 0.0887 e. The molecule has 0 atom stereocenters. The van der Waals surface area contributed by atoms with Crippen molar-refractivity contribution in [1.29, 1.82) is 0 Å². The maximum absolute atomic E-state index is 5.44. The highest BCUT2D eigenvalue weighted by molar-refractivity contribution is 5.10. The highest BCUT2D eigenvalue weighted by Gasteiger charge is 1.94. The van der Waals surface area contributed by atoms with Crippen LogP contribution in [0.25, 0.3) is 0 Å². The fourth-order valence-corrected chi connectivity index (χ4v) is 0.930. The fraction of sp³-hybridized carbons (Fsp3) is 0.444. The number of rotatable bonds is 4. The lowest BCUT2D eigenvalue weighted by Crippen LogP contribution is -2.02. The molecule has 0 aliphatic rings. The van der Waals surface area contributed by atoms with Crippen molar-refractivity contribution in [2.24, 2.45) is 5.73 Å². The average molecular weight is 166 g/mol. The molecule has 0 aliphatic carbocycles. The molecule has 2 N–H and O–H groups in total. The molecule has 0 aromatic carbocycles. The standard InChI is InChI=1S/C9H14N2O/c1-2-12-7-9-5-3-4-8(6-10)11-9/h3-5H,2,6-7,10H2,1H3. The van der Waals surface area contributed by atoms with Gasteiger partial charge in [-0.05, 0) is 19.1 Å². The van der Waals surface area contributed by atoms with E-state index in [9.17, 15) is 0 Å². The zero-order chi connectivity index (χ0) is 8.81. The predicted molar refractivity (Wildman–Crippen MR) is 47.5 cm³/mol. The van der Waals surface area contributed by atoms with Crippen LogP contribution in [-0.2, 0) is 17.9 Å². The molecule has 0 saturated heterocycles. The zero-order valence-electron chi connectivity index (χ0n) is 7.29. The molecule has 1 rings (SSSR count). The van der Waals surface area contributed by atoms with E-state index in [0.29, 0.717) is 19.8 Å². The summed E-state index contributed by atoms with van der Waals surface area (Å²) in [5.41, 5.74) is 7.30. The monoisotopic (exact) mass is 166 g/mol. The molecule has 0 radical (unpaired) electrons. The molecule has 0 saturated carbocycles. The predicted octanol–water partition coefficient (Wildman–Crippen LogP) is 1.08. The zero-order valence-corrected chi connectivity index (χ0v) is 7.29. The number of hydrogen-bond donors (Lipinski definition) is 1. The lowest BCUT2D eigenvalue weighted by molar-refractivity contribution is 0.131. The summed E-state index contributed by atoms with van der Waals surface area (Å²) in [5, 5.41) is 0. The van der Waals surface area contributed by atoms with Crippen molar-refractivity contribution in [2.75, 3.05) is 6.61 Å². The molecular weight excluding hydrogens is 152 g/mol. The second-order valence-electron chi connectivity index (χ2n) is 2.46. The third-order valence-corrected chi connectivity index (χ3v) is 1.53. The van der Waals surface area contributed by atoms with Gasteiger partial charge in [-0.2, -0.15) is 0 Å². The minimum absolute atomic E-state index is 0.486. The fourth-order valence-electron chi connectivity index (χ4n) is 0.930. The Balaban J connectivity index is 2.60.